The van der Waals surface area contributed by atoms with Crippen LogP contribution in [0.2, 0.25) is 0 Å². The lowest BCUT2D eigenvalue weighted by molar-refractivity contribution is -0.143. The number of ether oxygens (including phenoxy) is 3. The summed E-state index contributed by atoms with van der Waals surface area (Å²) in [6, 6.07) is 6.11. The minimum atomic E-state index is -3.59. The lowest BCUT2D eigenvalue weighted by atomic mass is 10.3. The Morgan fingerprint density at radius 3 is 2.48 bits per heavy atom. The van der Waals surface area contributed by atoms with Gasteiger partial charge in [-0.1, -0.05) is 0 Å². The maximum atomic E-state index is 12.1. The molecule has 0 saturated heterocycles. The van der Waals surface area contributed by atoms with Crippen LogP contribution in [0.15, 0.2) is 29.2 Å². The third kappa shape index (κ3) is 7.45. The number of benzene rings is 1. The molecule has 0 aliphatic heterocycles. The van der Waals surface area contributed by atoms with Gasteiger partial charge in [-0.15, -0.1) is 0 Å². The Morgan fingerprint density at radius 1 is 1.17 bits per heavy atom. The molecular weight excluding hydrogens is 322 g/mol. The Balaban J connectivity index is 2.45. The number of carbonyl (C=O) groups is 1. The molecule has 0 saturated carbocycles. The Morgan fingerprint density at radius 2 is 1.87 bits per heavy atom. The zero-order valence-corrected chi connectivity index (χ0v) is 14.2. The first-order valence-electron chi connectivity index (χ1n) is 7.36. The fourth-order valence-corrected chi connectivity index (χ4v) is 2.79. The van der Waals surface area contributed by atoms with Crippen LogP contribution >= 0.6 is 0 Å². The third-order valence-corrected chi connectivity index (χ3v) is 4.32. The molecule has 7 nitrogen and oxygen atoms in total. The lowest BCUT2D eigenvalue weighted by Gasteiger charge is -2.08. The number of carbonyl (C=O) groups excluding carboxylic acids is 1. The van der Waals surface area contributed by atoms with Gasteiger partial charge >= 0.3 is 5.97 Å². The van der Waals surface area contributed by atoms with Crippen LogP contribution in [0.3, 0.4) is 0 Å². The van der Waals surface area contributed by atoms with E-state index in [0.29, 0.717) is 32.0 Å². The first-order valence-corrected chi connectivity index (χ1v) is 8.85. The van der Waals surface area contributed by atoms with E-state index in [1.54, 1.807) is 26.2 Å². The van der Waals surface area contributed by atoms with Gasteiger partial charge in [0.1, 0.15) is 12.4 Å². The van der Waals surface area contributed by atoms with Crippen LogP contribution in [0.25, 0.3) is 0 Å². The van der Waals surface area contributed by atoms with E-state index >= 15 is 0 Å². The van der Waals surface area contributed by atoms with Gasteiger partial charge in [0.2, 0.25) is 10.0 Å². The Bertz CT molecular complexity index is 570. The largest absolute Gasteiger partial charge is 0.491 e. The smallest absolute Gasteiger partial charge is 0.305 e. The van der Waals surface area contributed by atoms with Crippen molar-refractivity contribution in [1.29, 1.82) is 0 Å². The number of esters is 1. The molecular formula is C15H23NO6S. The Kier molecular flexibility index (Phi) is 8.60. The summed E-state index contributed by atoms with van der Waals surface area (Å²) >= 11 is 0. The maximum absolute atomic E-state index is 12.1. The topological polar surface area (TPSA) is 90.9 Å². The van der Waals surface area contributed by atoms with E-state index in [2.05, 4.69) is 4.72 Å². The second-order valence-corrected chi connectivity index (χ2v) is 6.39. The predicted molar refractivity (Wildman–Crippen MR) is 84.9 cm³/mol. The van der Waals surface area contributed by atoms with E-state index in [0.717, 1.165) is 0 Å². The van der Waals surface area contributed by atoms with Crippen LogP contribution in [-0.4, -0.2) is 47.9 Å². The van der Waals surface area contributed by atoms with E-state index < -0.39 is 10.0 Å². The van der Waals surface area contributed by atoms with Gasteiger partial charge in [-0.25, -0.2) is 13.1 Å². The van der Waals surface area contributed by atoms with Crippen molar-refractivity contribution in [3.05, 3.63) is 24.3 Å². The van der Waals surface area contributed by atoms with Crippen molar-refractivity contribution in [2.75, 3.05) is 33.5 Å². The summed E-state index contributed by atoms with van der Waals surface area (Å²) in [5, 5.41) is 0. The van der Waals surface area contributed by atoms with E-state index in [4.69, 9.17) is 14.2 Å². The highest BCUT2D eigenvalue weighted by atomic mass is 32.2. The molecule has 0 amide bonds. The van der Waals surface area contributed by atoms with Gasteiger partial charge < -0.3 is 14.2 Å². The fraction of sp³-hybridized carbons (Fsp3) is 0.533. The van der Waals surface area contributed by atoms with E-state index in [-0.39, 0.29) is 23.8 Å². The molecule has 1 aromatic rings. The summed E-state index contributed by atoms with van der Waals surface area (Å²) in [7, 11) is -2.02. The predicted octanol–water partition coefficient (Wildman–Crippen LogP) is 1.33. The monoisotopic (exact) mass is 345 g/mol. The van der Waals surface area contributed by atoms with E-state index in [1.807, 2.05) is 0 Å². The molecule has 0 bridgehead atoms. The van der Waals surface area contributed by atoms with Gasteiger partial charge in [0.05, 0.1) is 18.1 Å². The molecule has 0 unspecified atom stereocenters. The summed E-state index contributed by atoms with van der Waals surface area (Å²) in [4.78, 5) is 11.3. The van der Waals surface area contributed by atoms with Crippen molar-refractivity contribution < 1.29 is 27.4 Å². The molecule has 1 aromatic carbocycles. The molecule has 0 spiro atoms. The number of methoxy groups -OCH3 is 1. The highest BCUT2D eigenvalue weighted by Crippen LogP contribution is 2.15. The van der Waals surface area contributed by atoms with Crippen molar-refractivity contribution in [2.24, 2.45) is 0 Å². The van der Waals surface area contributed by atoms with Crippen LogP contribution in [0.5, 0.6) is 5.75 Å². The van der Waals surface area contributed by atoms with Crippen LogP contribution in [0.1, 0.15) is 19.8 Å². The highest BCUT2D eigenvalue weighted by Gasteiger charge is 2.13. The quantitative estimate of drug-likeness (QED) is 0.481. The van der Waals surface area contributed by atoms with Crippen LogP contribution in [0, 0.1) is 0 Å². The zero-order valence-electron chi connectivity index (χ0n) is 13.4. The van der Waals surface area contributed by atoms with Gasteiger partial charge in [-0.2, -0.15) is 0 Å². The van der Waals surface area contributed by atoms with E-state index in [1.165, 1.54) is 12.1 Å². The number of nitrogens with one attached hydrogen (secondary N) is 1. The minimum absolute atomic E-state index is 0.146. The van der Waals surface area contributed by atoms with Crippen molar-refractivity contribution in [2.45, 2.75) is 24.7 Å². The molecule has 1 rings (SSSR count). The summed E-state index contributed by atoms with van der Waals surface area (Å²) in [6.07, 6.45) is 0.568. The lowest BCUT2D eigenvalue weighted by Crippen LogP contribution is -2.25. The highest BCUT2D eigenvalue weighted by molar-refractivity contribution is 7.89. The Hall–Kier alpha value is -1.64. The molecule has 0 aromatic heterocycles. The maximum Gasteiger partial charge on any atom is 0.305 e. The van der Waals surface area contributed by atoms with Crippen LogP contribution in [-0.2, 0) is 24.3 Å². The van der Waals surface area contributed by atoms with Crippen molar-refractivity contribution in [1.82, 2.24) is 4.72 Å². The molecule has 0 atom stereocenters. The molecule has 0 fully saturated rings. The molecule has 23 heavy (non-hydrogen) atoms. The van der Waals surface area contributed by atoms with Crippen molar-refractivity contribution in [3.8, 4) is 5.75 Å². The average molecular weight is 345 g/mol. The molecule has 0 radical (unpaired) electrons. The standard InChI is InChI=1S/C15H23NO6S/c1-3-21-15(17)5-4-10-16-23(18,19)14-8-6-13(7-9-14)22-12-11-20-2/h6-9,16H,3-5,10-12H2,1-2H3. The first kappa shape index (κ1) is 19.4. The SMILES string of the molecule is CCOC(=O)CCCNS(=O)(=O)c1ccc(OCCOC)cc1. The summed E-state index contributed by atoms with van der Waals surface area (Å²) in [5.74, 6) is 0.243. The summed E-state index contributed by atoms with van der Waals surface area (Å²) in [5.41, 5.74) is 0. The first-order chi connectivity index (χ1) is 11.0. The molecule has 130 valence electrons. The van der Waals surface area contributed by atoms with Gasteiger partial charge in [-0.05, 0) is 37.6 Å². The van der Waals surface area contributed by atoms with Crippen molar-refractivity contribution in [3.63, 3.8) is 0 Å². The molecule has 0 heterocycles. The number of sulfonamides is 1. The molecule has 0 aliphatic carbocycles. The second kappa shape index (κ2) is 10.2. The third-order valence-electron chi connectivity index (χ3n) is 2.85. The summed E-state index contributed by atoms with van der Waals surface area (Å²) < 4.78 is 41.6. The second-order valence-electron chi connectivity index (χ2n) is 4.62. The molecule has 8 heteroatoms. The number of hydrogen-bond donors (Lipinski definition) is 1. The number of rotatable bonds is 11. The zero-order chi connectivity index (χ0) is 17.1. The molecule has 1 N–H and O–H groups in total. The van der Waals surface area contributed by atoms with Gasteiger partial charge in [0.25, 0.3) is 0 Å². The van der Waals surface area contributed by atoms with Gasteiger partial charge in [-0.3, -0.25) is 4.79 Å². The number of hydrogen-bond acceptors (Lipinski definition) is 6. The summed E-state index contributed by atoms with van der Waals surface area (Å²) in [6.45, 7) is 3.08. The van der Waals surface area contributed by atoms with Crippen LogP contribution < -0.4 is 9.46 Å². The van der Waals surface area contributed by atoms with Gasteiger partial charge in [0.15, 0.2) is 0 Å². The van der Waals surface area contributed by atoms with Crippen LogP contribution in [0.4, 0.5) is 0 Å². The molecule has 0 aliphatic rings. The van der Waals surface area contributed by atoms with E-state index in [9.17, 15) is 13.2 Å². The fourth-order valence-electron chi connectivity index (χ4n) is 1.71. The average Bonchev–Trinajstić information content (AvgIpc) is 2.53. The normalized spacial score (nSPS) is 11.2. The Labute approximate surface area is 137 Å². The van der Waals surface area contributed by atoms with Gasteiger partial charge in [0, 0.05) is 20.1 Å². The van der Waals surface area contributed by atoms with Crippen molar-refractivity contribution >= 4 is 16.0 Å². The minimum Gasteiger partial charge on any atom is -0.491 e.